The van der Waals surface area contributed by atoms with Crippen LogP contribution in [0.5, 0.6) is 0 Å². The quantitative estimate of drug-likeness (QED) is 0.711. The molecule has 0 aromatic heterocycles. The first-order valence-corrected chi connectivity index (χ1v) is 7.01. The highest BCUT2D eigenvalue weighted by atomic mass is 32.2. The van der Waals surface area contributed by atoms with Gasteiger partial charge in [-0.25, -0.2) is 0 Å². The molecule has 0 heterocycles. The monoisotopic (exact) mass is 219 g/mol. The molecule has 0 amide bonds. The van der Waals surface area contributed by atoms with Crippen LogP contribution in [0.25, 0.3) is 0 Å². The average molecular weight is 219 g/mol. The molecule has 0 fully saturated rings. The fraction of sp³-hybridized carbons (Fsp3) is 1.00. The average Bonchev–Trinajstić information content (AvgIpc) is 2.15. The van der Waals surface area contributed by atoms with Crippen LogP contribution in [-0.2, 0) is 10.8 Å². The standard InChI is InChI=1S/C11H25NOS/c1-6-11(12-7-2)8-14(13)10(5)9(3)4/h9-12H,6-8H2,1-5H3. The normalized spacial score (nSPS) is 18.1. The van der Waals surface area contributed by atoms with Crippen molar-refractivity contribution < 1.29 is 4.21 Å². The summed E-state index contributed by atoms with van der Waals surface area (Å²) in [5.41, 5.74) is 0. The smallest absolute Gasteiger partial charge is 0.0391 e. The highest BCUT2D eigenvalue weighted by molar-refractivity contribution is 7.85. The van der Waals surface area contributed by atoms with E-state index in [1.54, 1.807) is 0 Å². The van der Waals surface area contributed by atoms with Crippen molar-refractivity contribution in [3.63, 3.8) is 0 Å². The number of hydrogen-bond acceptors (Lipinski definition) is 2. The van der Waals surface area contributed by atoms with Crippen molar-refractivity contribution in [1.29, 1.82) is 0 Å². The molecule has 3 heteroatoms. The Kier molecular flexibility index (Phi) is 7.47. The lowest BCUT2D eigenvalue weighted by atomic mass is 10.2. The Morgan fingerprint density at radius 1 is 1.21 bits per heavy atom. The third-order valence-electron chi connectivity index (χ3n) is 2.70. The SMILES string of the molecule is CCNC(CC)CS(=O)C(C)C(C)C. The lowest BCUT2D eigenvalue weighted by Crippen LogP contribution is -2.36. The fourth-order valence-electron chi connectivity index (χ4n) is 1.26. The first kappa shape index (κ1) is 14.1. The molecule has 0 saturated heterocycles. The van der Waals surface area contributed by atoms with Crippen molar-refractivity contribution in [3.8, 4) is 0 Å². The van der Waals surface area contributed by atoms with E-state index in [-0.39, 0.29) is 0 Å². The van der Waals surface area contributed by atoms with Crippen LogP contribution < -0.4 is 5.32 Å². The lowest BCUT2D eigenvalue weighted by molar-refractivity contribution is 0.544. The maximum absolute atomic E-state index is 11.9. The van der Waals surface area contributed by atoms with Crippen LogP contribution in [0.15, 0.2) is 0 Å². The van der Waals surface area contributed by atoms with Gasteiger partial charge in [-0.05, 0) is 18.9 Å². The van der Waals surface area contributed by atoms with Gasteiger partial charge in [0.25, 0.3) is 0 Å². The van der Waals surface area contributed by atoms with Crippen LogP contribution in [0.1, 0.15) is 41.0 Å². The summed E-state index contributed by atoms with van der Waals surface area (Å²) in [6.45, 7) is 11.6. The maximum atomic E-state index is 11.9. The summed E-state index contributed by atoms with van der Waals surface area (Å²) in [5.74, 6) is 1.30. The van der Waals surface area contributed by atoms with Crippen LogP contribution in [0, 0.1) is 5.92 Å². The summed E-state index contributed by atoms with van der Waals surface area (Å²) >= 11 is 0. The second-order valence-corrected chi connectivity index (χ2v) is 6.00. The molecule has 0 aromatic rings. The van der Waals surface area contributed by atoms with Gasteiger partial charge in [0.2, 0.25) is 0 Å². The molecule has 0 aliphatic rings. The minimum absolute atomic E-state index is 0.308. The summed E-state index contributed by atoms with van der Waals surface area (Å²) in [7, 11) is -0.689. The van der Waals surface area contributed by atoms with Crippen molar-refractivity contribution in [2.24, 2.45) is 5.92 Å². The minimum atomic E-state index is -0.689. The molecule has 0 aliphatic carbocycles. The zero-order chi connectivity index (χ0) is 11.1. The Morgan fingerprint density at radius 2 is 1.79 bits per heavy atom. The van der Waals surface area contributed by atoms with Gasteiger partial charge in [0.1, 0.15) is 0 Å². The predicted octanol–water partition coefficient (Wildman–Crippen LogP) is 2.17. The van der Waals surface area contributed by atoms with Crippen LogP contribution in [0.3, 0.4) is 0 Å². The Balaban J connectivity index is 4.01. The Bertz CT molecular complexity index is 171. The van der Waals surface area contributed by atoms with Gasteiger partial charge in [-0.15, -0.1) is 0 Å². The van der Waals surface area contributed by atoms with Crippen molar-refractivity contribution in [2.75, 3.05) is 12.3 Å². The molecule has 0 saturated carbocycles. The van der Waals surface area contributed by atoms with E-state index in [1.165, 1.54) is 0 Å². The second kappa shape index (κ2) is 7.41. The van der Waals surface area contributed by atoms with Crippen molar-refractivity contribution in [2.45, 2.75) is 52.3 Å². The molecule has 3 atom stereocenters. The van der Waals surface area contributed by atoms with Gasteiger partial charge in [-0.3, -0.25) is 4.21 Å². The van der Waals surface area contributed by atoms with E-state index in [9.17, 15) is 4.21 Å². The van der Waals surface area contributed by atoms with Crippen LogP contribution in [0.4, 0.5) is 0 Å². The van der Waals surface area contributed by atoms with Gasteiger partial charge in [-0.2, -0.15) is 0 Å². The molecule has 0 aromatic carbocycles. The summed E-state index contributed by atoms with van der Waals surface area (Å²) in [4.78, 5) is 0. The second-order valence-electron chi connectivity index (χ2n) is 4.16. The zero-order valence-corrected chi connectivity index (χ0v) is 11.0. The van der Waals surface area contributed by atoms with Gasteiger partial charge in [0, 0.05) is 27.8 Å². The third kappa shape index (κ3) is 5.11. The van der Waals surface area contributed by atoms with Gasteiger partial charge in [0.05, 0.1) is 0 Å². The molecule has 0 radical (unpaired) electrons. The summed E-state index contributed by atoms with van der Waals surface area (Å²) in [5, 5.41) is 3.67. The highest BCUT2D eigenvalue weighted by Crippen LogP contribution is 2.10. The van der Waals surface area contributed by atoms with E-state index < -0.39 is 10.8 Å². The lowest BCUT2D eigenvalue weighted by Gasteiger charge is -2.20. The van der Waals surface area contributed by atoms with Crippen molar-refractivity contribution in [3.05, 3.63) is 0 Å². The molecule has 14 heavy (non-hydrogen) atoms. The molecular weight excluding hydrogens is 194 g/mol. The summed E-state index contributed by atoms with van der Waals surface area (Å²) in [6.07, 6.45) is 1.06. The highest BCUT2D eigenvalue weighted by Gasteiger charge is 2.18. The largest absolute Gasteiger partial charge is 0.313 e. The predicted molar refractivity (Wildman–Crippen MR) is 65.1 cm³/mol. The first-order chi connectivity index (χ1) is 6.52. The first-order valence-electron chi connectivity index (χ1n) is 5.63. The van der Waals surface area contributed by atoms with Crippen LogP contribution in [0.2, 0.25) is 0 Å². The fourth-order valence-corrected chi connectivity index (χ4v) is 2.92. The minimum Gasteiger partial charge on any atom is -0.313 e. The van der Waals surface area contributed by atoms with Gasteiger partial charge in [0.15, 0.2) is 0 Å². The number of nitrogens with one attached hydrogen (secondary N) is 1. The molecule has 0 rings (SSSR count). The molecule has 3 unspecified atom stereocenters. The van der Waals surface area contributed by atoms with Gasteiger partial charge >= 0.3 is 0 Å². The molecular formula is C11H25NOS. The van der Waals surface area contributed by atoms with Crippen molar-refractivity contribution >= 4 is 10.8 Å². The summed E-state index contributed by atoms with van der Waals surface area (Å²) < 4.78 is 11.9. The van der Waals surface area contributed by atoms with Crippen LogP contribution in [-0.4, -0.2) is 27.8 Å². The molecule has 2 nitrogen and oxygen atoms in total. The zero-order valence-electron chi connectivity index (χ0n) is 10.2. The van der Waals surface area contributed by atoms with Crippen molar-refractivity contribution in [1.82, 2.24) is 5.32 Å². The van der Waals surface area contributed by atoms with Gasteiger partial charge in [-0.1, -0.05) is 34.6 Å². The van der Waals surface area contributed by atoms with E-state index in [4.69, 9.17) is 0 Å². The molecule has 1 N–H and O–H groups in total. The van der Waals surface area contributed by atoms with E-state index in [1.807, 2.05) is 0 Å². The molecule has 86 valence electrons. The van der Waals surface area contributed by atoms with Crippen LogP contribution >= 0.6 is 0 Å². The molecule has 0 bridgehead atoms. The Morgan fingerprint density at radius 3 is 2.14 bits per heavy atom. The van der Waals surface area contributed by atoms with Gasteiger partial charge < -0.3 is 5.32 Å². The van der Waals surface area contributed by atoms with E-state index >= 15 is 0 Å². The molecule has 0 spiro atoms. The van der Waals surface area contributed by atoms with E-state index in [0.29, 0.717) is 17.2 Å². The third-order valence-corrected chi connectivity index (χ3v) is 4.81. The Labute approximate surface area is 91.3 Å². The summed E-state index contributed by atoms with van der Waals surface area (Å²) in [6, 6.07) is 0.419. The molecule has 0 aliphatic heterocycles. The number of hydrogen-bond donors (Lipinski definition) is 1. The maximum Gasteiger partial charge on any atom is 0.0391 e. The number of rotatable bonds is 7. The Hall–Kier alpha value is 0.110. The van der Waals surface area contributed by atoms with E-state index in [2.05, 4.69) is 39.9 Å². The topological polar surface area (TPSA) is 29.1 Å². The van der Waals surface area contributed by atoms with E-state index in [0.717, 1.165) is 18.7 Å².